The van der Waals surface area contributed by atoms with Crippen molar-refractivity contribution in [3.63, 3.8) is 0 Å². The van der Waals surface area contributed by atoms with Crippen LogP contribution < -0.4 is 15.0 Å². The summed E-state index contributed by atoms with van der Waals surface area (Å²) in [6, 6.07) is 4.79. The number of rotatable bonds is 3. The number of nitrogens with zero attached hydrogens (tertiary/aromatic N) is 1. The molecule has 0 spiro atoms. The smallest absolute Gasteiger partial charge is 0.142 e. The summed E-state index contributed by atoms with van der Waals surface area (Å²) in [7, 11) is 5.93. The first kappa shape index (κ1) is 12.2. The second-order valence-corrected chi connectivity index (χ2v) is 4.77. The van der Waals surface area contributed by atoms with E-state index >= 15 is 0 Å². The Hall–Kier alpha value is -1.22. The lowest BCUT2D eigenvalue weighted by atomic mass is 9.92. The van der Waals surface area contributed by atoms with E-state index in [2.05, 4.69) is 36.3 Å². The highest BCUT2D eigenvalue weighted by Gasteiger charge is 2.26. The predicted octanol–water partition coefficient (Wildman–Crippen LogP) is 1.97. The number of ether oxygens (including phenoxy) is 1. The van der Waals surface area contributed by atoms with Crippen LogP contribution in [0.15, 0.2) is 12.1 Å². The Morgan fingerprint density at radius 1 is 1.47 bits per heavy atom. The van der Waals surface area contributed by atoms with Crippen LogP contribution in [0.3, 0.4) is 0 Å². The Balaban J connectivity index is 2.42. The number of nitrogens with one attached hydrogen (secondary N) is 1. The van der Waals surface area contributed by atoms with E-state index in [1.54, 1.807) is 7.11 Å². The molecule has 3 heteroatoms. The van der Waals surface area contributed by atoms with E-state index < -0.39 is 0 Å². The van der Waals surface area contributed by atoms with Gasteiger partial charge in [0.15, 0.2) is 0 Å². The molecule has 0 aromatic heterocycles. The van der Waals surface area contributed by atoms with Crippen molar-refractivity contribution < 1.29 is 4.74 Å². The molecular weight excluding hydrogens is 212 g/mol. The van der Waals surface area contributed by atoms with E-state index in [-0.39, 0.29) is 0 Å². The van der Waals surface area contributed by atoms with Gasteiger partial charge >= 0.3 is 0 Å². The maximum atomic E-state index is 5.50. The number of fused-ring (bicyclic) bond motifs is 1. The summed E-state index contributed by atoms with van der Waals surface area (Å²) in [6.45, 7) is 3.21. The van der Waals surface area contributed by atoms with Crippen LogP contribution in [0, 0.1) is 6.92 Å². The summed E-state index contributed by atoms with van der Waals surface area (Å²) in [6.07, 6.45) is 2.35. The number of likely N-dealkylation sites (N-methyl/N-ethyl adjacent to an activating group) is 2. The van der Waals surface area contributed by atoms with Crippen LogP contribution in [0.1, 0.15) is 17.5 Å². The standard InChI is InChI=1S/C14H22N2O/c1-10-5-8-13(17-4)14-12(10)7-6-11(9-15-2)16(14)3/h5,8,11,15H,6-7,9H2,1-4H3. The minimum atomic E-state index is 0.559. The number of methoxy groups -OCH3 is 1. The van der Waals surface area contributed by atoms with E-state index in [1.807, 2.05) is 7.05 Å². The van der Waals surface area contributed by atoms with Gasteiger partial charge in [-0.25, -0.2) is 0 Å². The minimum Gasteiger partial charge on any atom is -0.495 e. The SMILES string of the molecule is CNCC1CCc2c(C)ccc(OC)c2N1C. The van der Waals surface area contributed by atoms with Gasteiger partial charge in [0.25, 0.3) is 0 Å². The van der Waals surface area contributed by atoms with Crippen LogP contribution in [0.2, 0.25) is 0 Å². The average Bonchev–Trinajstić information content (AvgIpc) is 2.34. The molecule has 1 atom stereocenters. The average molecular weight is 234 g/mol. The highest BCUT2D eigenvalue weighted by atomic mass is 16.5. The molecule has 94 valence electrons. The Morgan fingerprint density at radius 3 is 2.88 bits per heavy atom. The maximum Gasteiger partial charge on any atom is 0.142 e. The zero-order chi connectivity index (χ0) is 12.4. The number of anilines is 1. The zero-order valence-electron chi connectivity index (χ0n) is 11.2. The topological polar surface area (TPSA) is 24.5 Å². The van der Waals surface area contributed by atoms with Crippen molar-refractivity contribution in [3.8, 4) is 5.75 Å². The first-order valence-electron chi connectivity index (χ1n) is 6.23. The highest BCUT2D eigenvalue weighted by Crippen LogP contribution is 2.39. The van der Waals surface area contributed by atoms with E-state index in [0.29, 0.717) is 6.04 Å². The molecule has 1 unspecified atom stereocenters. The fraction of sp³-hybridized carbons (Fsp3) is 0.571. The molecule has 3 nitrogen and oxygen atoms in total. The first-order chi connectivity index (χ1) is 8.19. The predicted molar refractivity (Wildman–Crippen MR) is 72.2 cm³/mol. The second-order valence-electron chi connectivity index (χ2n) is 4.77. The lowest BCUT2D eigenvalue weighted by Crippen LogP contribution is -2.42. The van der Waals surface area contributed by atoms with Gasteiger partial charge in [-0.2, -0.15) is 0 Å². The van der Waals surface area contributed by atoms with Crippen molar-refractivity contribution >= 4 is 5.69 Å². The molecule has 1 aromatic carbocycles. The molecule has 1 aliphatic heterocycles. The first-order valence-corrected chi connectivity index (χ1v) is 6.23. The minimum absolute atomic E-state index is 0.559. The van der Waals surface area contributed by atoms with Crippen LogP contribution >= 0.6 is 0 Å². The normalized spacial score (nSPS) is 19.1. The van der Waals surface area contributed by atoms with Crippen molar-refractivity contribution in [1.29, 1.82) is 0 Å². The maximum absolute atomic E-state index is 5.50. The lowest BCUT2D eigenvalue weighted by molar-refractivity contribution is 0.408. The molecule has 2 rings (SSSR count). The Bertz CT molecular complexity index is 403. The molecule has 0 bridgehead atoms. The highest BCUT2D eigenvalue weighted by molar-refractivity contribution is 5.67. The Labute approximate surface area is 104 Å². The molecule has 0 radical (unpaired) electrons. The van der Waals surface area contributed by atoms with Gasteiger partial charge in [-0.3, -0.25) is 0 Å². The quantitative estimate of drug-likeness (QED) is 0.865. The van der Waals surface area contributed by atoms with Gasteiger partial charge in [0.1, 0.15) is 5.75 Å². The van der Waals surface area contributed by atoms with Crippen LogP contribution in [0.25, 0.3) is 0 Å². The molecule has 1 aliphatic rings. The summed E-state index contributed by atoms with van der Waals surface area (Å²) >= 11 is 0. The summed E-state index contributed by atoms with van der Waals surface area (Å²) < 4.78 is 5.50. The Kier molecular flexibility index (Phi) is 3.57. The van der Waals surface area contributed by atoms with Gasteiger partial charge in [0.2, 0.25) is 0 Å². The zero-order valence-corrected chi connectivity index (χ0v) is 11.2. The van der Waals surface area contributed by atoms with E-state index in [0.717, 1.165) is 18.7 Å². The van der Waals surface area contributed by atoms with Gasteiger partial charge in [-0.15, -0.1) is 0 Å². The molecule has 1 heterocycles. The number of hydrogen-bond acceptors (Lipinski definition) is 3. The summed E-state index contributed by atoms with van der Waals surface area (Å²) in [5.74, 6) is 0.994. The largest absolute Gasteiger partial charge is 0.495 e. The number of benzene rings is 1. The fourth-order valence-electron chi connectivity index (χ4n) is 2.74. The summed E-state index contributed by atoms with van der Waals surface area (Å²) in [5, 5.41) is 3.27. The van der Waals surface area contributed by atoms with Gasteiger partial charge in [-0.1, -0.05) is 6.07 Å². The van der Waals surface area contributed by atoms with Crippen molar-refractivity contribution in [2.24, 2.45) is 0 Å². The van der Waals surface area contributed by atoms with Gasteiger partial charge < -0.3 is 15.0 Å². The van der Waals surface area contributed by atoms with Gasteiger partial charge in [0.05, 0.1) is 12.8 Å². The lowest BCUT2D eigenvalue weighted by Gasteiger charge is -2.37. The summed E-state index contributed by atoms with van der Waals surface area (Å²) in [4.78, 5) is 2.36. The van der Waals surface area contributed by atoms with Crippen molar-refractivity contribution in [3.05, 3.63) is 23.3 Å². The third-order valence-corrected chi connectivity index (χ3v) is 3.77. The van der Waals surface area contributed by atoms with E-state index in [4.69, 9.17) is 4.74 Å². The molecule has 17 heavy (non-hydrogen) atoms. The monoisotopic (exact) mass is 234 g/mol. The second kappa shape index (κ2) is 4.96. The van der Waals surface area contributed by atoms with Crippen LogP contribution in [0.4, 0.5) is 5.69 Å². The molecule has 0 aliphatic carbocycles. The molecule has 1 aromatic rings. The van der Waals surface area contributed by atoms with E-state index in [1.165, 1.54) is 23.2 Å². The van der Waals surface area contributed by atoms with E-state index in [9.17, 15) is 0 Å². The Morgan fingerprint density at radius 2 is 2.24 bits per heavy atom. The van der Waals surface area contributed by atoms with Crippen LogP contribution in [-0.4, -0.2) is 33.8 Å². The third kappa shape index (κ3) is 2.12. The molecule has 0 amide bonds. The van der Waals surface area contributed by atoms with Gasteiger partial charge in [-0.05, 0) is 44.0 Å². The fourth-order valence-corrected chi connectivity index (χ4v) is 2.74. The molecule has 1 N–H and O–H groups in total. The molecule has 0 saturated carbocycles. The molecule has 0 saturated heterocycles. The third-order valence-electron chi connectivity index (χ3n) is 3.77. The molecule has 0 fully saturated rings. The van der Waals surface area contributed by atoms with Crippen molar-refractivity contribution in [2.75, 3.05) is 32.6 Å². The van der Waals surface area contributed by atoms with Gasteiger partial charge in [0, 0.05) is 19.6 Å². The van der Waals surface area contributed by atoms with Crippen LogP contribution in [0.5, 0.6) is 5.75 Å². The van der Waals surface area contributed by atoms with Crippen LogP contribution in [-0.2, 0) is 6.42 Å². The number of aryl methyl sites for hydroxylation is 1. The van der Waals surface area contributed by atoms with Crippen molar-refractivity contribution in [2.45, 2.75) is 25.8 Å². The van der Waals surface area contributed by atoms with Crippen molar-refractivity contribution in [1.82, 2.24) is 5.32 Å². The molecular formula is C14H22N2O. The summed E-state index contributed by atoms with van der Waals surface area (Å²) in [5.41, 5.74) is 4.09. The number of hydrogen-bond donors (Lipinski definition) is 1.